The summed E-state index contributed by atoms with van der Waals surface area (Å²) in [5.74, 6) is 0. The third-order valence-electron chi connectivity index (χ3n) is 2.52. The van der Waals surface area contributed by atoms with Gasteiger partial charge in [0.15, 0.2) is 0 Å². The van der Waals surface area contributed by atoms with Crippen LogP contribution in [0.2, 0.25) is 0 Å². The summed E-state index contributed by atoms with van der Waals surface area (Å²) in [6.07, 6.45) is 1.07. The molecule has 0 saturated carbocycles. The van der Waals surface area contributed by atoms with Crippen molar-refractivity contribution in [2.75, 3.05) is 0 Å². The van der Waals surface area contributed by atoms with E-state index < -0.39 is 0 Å². The zero-order valence-electron chi connectivity index (χ0n) is 8.91. The molecule has 1 unspecified atom stereocenters. The predicted octanol–water partition coefficient (Wildman–Crippen LogP) is 5.34. The fourth-order valence-corrected chi connectivity index (χ4v) is 4.49. The van der Waals surface area contributed by atoms with Crippen LogP contribution in [0, 0.1) is 10.5 Å². The SMILES string of the molecule is Cc1cccc(C(Br)Cc2cccs2)c1I. The Morgan fingerprint density at radius 2 is 2.12 bits per heavy atom. The van der Waals surface area contributed by atoms with Gasteiger partial charge in [0.05, 0.1) is 0 Å². The second-order valence-electron chi connectivity index (χ2n) is 3.73. The second-order valence-corrected chi connectivity index (χ2v) is 6.95. The van der Waals surface area contributed by atoms with Crippen LogP contribution >= 0.6 is 49.9 Å². The molecule has 16 heavy (non-hydrogen) atoms. The van der Waals surface area contributed by atoms with Crippen molar-refractivity contribution in [1.29, 1.82) is 0 Å². The molecule has 0 bridgehead atoms. The fourth-order valence-electron chi connectivity index (χ4n) is 1.63. The van der Waals surface area contributed by atoms with Crippen LogP contribution in [-0.4, -0.2) is 0 Å². The van der Waals surface area contributed by atoms with Crippen LogP contribution < -0.4 is 0 Å². The molecule has 1 aromatic carbocycles. The van der Waals surface area contributed by atoms with E-state index in [4.69, 9.17) is 0 Å². The minimum absolute atomic E-state index is 0.415. The molecular weight excluding hydrogens is 395 g/mol. The summed E-state index contributed by atoms with van der Waals surface area (Å²) in [6, 6.07) is 10.8. The van der Waals surface area contributed by atoms with Crippen molar-refractivity contribution in [2.24, 2.45) is 0 Å². The van der Waals surface area contributed by atoms with Gasteiger partial charge in [-0.2, -0.15) is 0 Å². The minimum Gasteiger partial charge on any atom is -0.149 e. The highest BCUT2D eigenvalue weighted by Gasteiger charge is 2.13. The molecule has 1 atom stereocenters. The van der Waals surface area contributed by atoms with E-state index in [9.17, 15) is 0 Å². The number of hydrogen-bond donors (Lipinski definition) is 0. The lowest BCUT2D eigenvalue weighted by Gasteiger charge is -2.12. The van der Waals surface area contributed by atoms with E-state index in [1.54, 1.807) is 0 Å². The summed E-state index contributed by atoms with van der Waals surface area (Å²) in [4.78, 5) is 1.84. The monoisotopic (exact) mass is 406 g/mol. The van der Waals surface area contributed by atoms with E-state index in [1.807, 2.05) is 11.3 Å². The molecule has 3 heteroatoms. The Bertz CT molecular complexity index is 465. The van der Waals surface area contributed by atoms with Crippen LogP contribution in [0.4, 0.5) is 0 Å². The summed E-state index contributed by atoms with van der Waals surface area (Å²) in [5.41, 5.74) is 2.75. The molecule has 0 saturated heterocycles. The predicted molar refractivity (Wildman–Crippen MR) is 83.6 cm³/mol. The first-order valence-corrected chi connectivity index (χ1v) is 7.97. The zero-order chi connectivity index (χ0) is 11.5. The molecule has 2 rings (SSSR count). The Labute approximate surface area is 122 Å². The first-order chi connectivity index (χ1) is 7.68. The summed E-state index contributed by atoms with van der Waals surface area (Å²) >= 11 is 8.05. The van der Waals surface area contributed by atoms with E-state index in [2.05, 4.69) is 81.2 Å². The first-order valence-electron chi connectivity index (χ1n) is 5.10. The van der Waals surface area contributed by atoms with E-state index in [1.165, 1.54) is 19.6 Å². The van der Waals surface area contributed by atoms with Gasteiger partial charge in [-0.3, -0.25) is 0 Å². The third-order valence-corrected chi connectivity index (χ3v) is 5.71. The molecule has 0 amide bonds. The third kappa shape index (κ3) is 2.87. The number of halogens is 2. The zero-order valence-corrected chi connectivity index (χ0v) is 13.5. The van der Waals surface area contributed by atoms with E-state index in [-0.39, 0.29) is 0 Å². The molecule has 0 nitrogen and oxygen atoms in total. The van der Waals surface area contributed by atoms with Gasteiger partial charge in [0.2, 0.25) is 0 Å². The molecule has 0 N–H and O–H groups in total. The average Bonchev–Trinajstić information content (AvgIpc) is 2.74. The highest BCUT2D eigenvalue weighted by Crippen LogP contribution is 2.32. The lowest BCUT2D eigenvalue weighted by molar-refractivity contribution is 0.958. The molecule has 0 aliphatic heterocycles. The van der Waals surface area contributed by atoms with Gasteiger partial charge >= 0.3 is 0 Å². The van der Waals surface area contributed by atoms with Crippen LogP contribution in [0.15, 0.2) is 35.7 Å². The molecule has 84 valence electrons. The largest absolute Gasteiger partial charge is 0.149 e. The van der Waals surface area contributed by atoms with E-state index in [0.717, 1.165) is 6.42 Å². The Morgan fingerprint density at radius 3 is 2.81 bits per heavy atom. The maximum atomic E-state index is 3.79. The summed E-state index contributed by atoms with van der Waals surface area (Å²) < 4.78 is 1.37. The molecule has 1 aromatic heterocycles. The maximum absolute atomic E-state index is 3.79. The highest BCUT2D eigenvalue weighted by atomic mass is 127. The highest BCUT2D eigenvalue weighted by molar-refractivity contribution is 14.1. The molecule has 0 spiro atoms. The van der Waals surface area contributed by atoms with Gasteiger partial charge < -0.3 is 0 Å². The smallest absolute Gasteiger partial charge is 0.0454 e. The quantitative estimate of drug-likeness (QED) is 0.476. The molecule has 0 aliphatic carbocycles. The molecule has 1 heterocycles. The maximum Gasteiger partial charge on any atom is 0.0454 e. The molecule has 2 aromatic rings. The Balaban J connectivity index is 2.21. The Morgan fingerprint density at radius 1 is 1.31 bits per heavy atom. The fraction of sp³-hybridized carbons (Fsp3) is 0.231. The van der Waals surface area contributed by atoms with Gasteiger partial charge in [-0.25, -0.2) is 0 Å². The molecule has 0 radical (unpaired) electrons. The van der Waals surface area contributed by atoms with Crippen LogP contribution in [-0.2, 0) is 6.42 Å². The second kappa shape index (κ2) is 5.65. The van der Waals surface area contributed by atoms with Gasteiger partial charge in [-0.05, 0) is 58.5 Å². The summed E-state index contributed by atoms with van der Waals surface area (Å²) in [5, 5.41) is 2.14. The van der Waals surface area contributed by atoms with Crippen molar-refractivity contribution in [3.05, 3.63) is 55.3 Å². The number of hydrogen-bond acceptors (Lipinski definition) is 1. The number of rotatable bonds is 3. The van der Waals surface area contributed by atoms with Crippen molar-refractivity contribution in [1.82, 2.24) is 0 Å². The Kier molecular flexibility index (Phi) is 4.44. The minimum atomic E-state index is 0.415. The van der Waals surface area contributed by atoms with Crippen molar-refractivity contribution in [3.8, 4) is 0 Å². The van der Waals surface area contributed by atoms with Gasteiger partial charge in [0.1, 0.15) is 0 Å². The van der Waals surface area contributed by atoms with Crippen LogP contribution in [0.25, 0.3) is 0 Å². The van der Waals surface area contributed by atoms with Gasteiger partial charge in [0.25, 0.3) is 0 Å². The van der Waals surface area contributed by atoms with Crippen molar-refractivity contribution in [3.63, 3.8) is 0 Å². The van der Waals surface area contributed by atoms with E-state index in [0.29, 0.717) is 4.83 Å². The number of aryl methyl sites for hydroxylation is 1. The van der Waals surface area contributed by atoms with Gasteiger partial charge in [0, 0.05) is 13.3 Å². The van der Waals surface area contributed by atoms with Crippen molar-refractivity contribution >= 4 is 49.9 Å². The van der Waals surface area contributed by atoms with Gasteiger partial charge in [-0.1, -0.05) is 40.2 Å². The standard InChI is InChI=1S/C13H12BrIS/c1-9-4-2-6-11(13(9)15)12(14)8-10-5-3-7-16-10/h2-7,12H,8H2,1H3. The first kappa shape index (κ1) is 12.6. The lowest BCUT2D eigenvalue weighted by atomic mass is 10.1. The van der Waals surface area contributed by atoms with Crippen LogP contribution in [0.5, 0.6) is 0 Å². The molecule has 0 aliphatic rings. The lowest BCUT2D eigenvalue weighted by Crippen LogP contribution is -1.98. The number of benzene rings is 1. The van der Waals surface area contributed by atoms with Crippen LogP contribution in [0.3, 0.4) is 0 Å². The van der Waals surface area contributed by atoms with E-state index >= 15 is 0 Å². The van der Waals surface area contributed by atoms with Crippen LogP contribution in [0.1, 0.15) is 20.8 Å². The summed E-state index contributed by atoms with van der Waals surface area (Å²) in [7, 11) is 0. The van der Waals surface area contributed by atoms with Crippen molar-refractivity contribution < 1.29 is 0 Å². The number of thiophene rings is 1. The number of alkyl halides is 1. The Hall–Kier alpha value is 0.130. The van der Waals surface area contributed by atoms with Gasteiger partial charge in [-0.15, -0.1) is 11.3 Å². The average molecular weight is 407 g/mol. The normalized spacial score (nSPS) is 12.7. The summed E-state index contributed by atoms with van der Waals surface area (Å²) in [6.45, 7) is 2.16. The molecular formula is C13H12BrIS. The molecule has 0 fully saturated rings. The topological polar surface area (TPSA) is 0 Å². The van der Waals surface area contributed by atoms with Crippen molar-refractivity contribution in [2.45, 2.75) is 18.2 Å².